The molecule has 0 radical (unpaired) electrons. The van der Waals surface area contributed by atoms with Gasteiger partial charge in [0.2, 0.25) is 15.9 Å². The molecule has 1 fully saturated rings. The molecule has 0 aromatic heterocycles. The average Bonchev–Trinajstić information content (AvgIpc) is 2.43. The molecule has 1 heterocycles. The van der Waals surface area contributed by atoms with E-state index < -0.39 is 10.0 Å². The number of hydrogen-bond acceptors (Lipinski definition) is 5. The minimum absolute atomic E-state index is 0. The van der Waals surface area contributed by atoms with Crippen molar-refractivity contribution < 1.29 is 17.9 Å². The van der Waals surface area contributed by atoms with E-state index in [-0.39, 0.29) is 43.1 Å². The first-order chi connectivity index (χ1) is 9.51. The van der Waals surface area contributed by atoms with Gasteiger partial charge in [-0.15, -0.1) is 12.4 Å². The van der Waals surface area contributed by atoms with E-state index in [2.05, 4.69) is 5.32 Å². The van der Waals surface area contributed by atoms with Gasteiger partial charge in [-0.05, 0) is 12.8 Å². The van der Waals surface area contributed by atoms with Gasteiger partial charge in [0.05, 0.1) is 12.4 Å². The number of carbonyl (C=O) groups excluding carboxylic acids is 1. The van der Waals surface area contributed by atoms with E-state index in [1.165, 1.54) is 11.4 Å². The number of nitrogens with zero attached hydrogens (tertiary/aromatic N) is 1. The number of nitrogens with two attached hydrogens (primary N) is 1. The van der Waals surface area contributed by atoms with Crippen molar-refractivity contribution in [2.75, 3.05) is 39.1 Å². The molecule has 3 N–H and O–H groups in total. The number of hydrogen-bond donors (Lipinski definition) is 2. The summed E-state index contributed by atoms with van der Waals surface area (Å²) in [6.07, 6.45) is 2.88. The maximum Gasteiger partial charge on any atom is 0.221 e. The normalized spacial score (nSPS) is 19.8. The fraction of sp³-hybridized carbons (Fsp3) is 0.917. The van der Waals surface area contributed by atoms with E-state index >= 15 is 0 Å². The van der Waals surface area contributed by atoms with Crippen LogP contribution in [0.5, 0.6) is 0 Å². The Kier molecular flexibility index (Phi) is 10.1. The highest BCUT2D eigenvalue weighted by Gasteiger charge is 2.31. The lowest BCUT2D eigenvalue weighted by molar-refractivity contribution is -0.121. The summed E-state index contributed by atoms with van der Waals surface area (Å²) in [4.78, 5) is 11.4. The zero-order valence-electron chi connectivity index (χ0n) is 12.4. The lowest BCUT2D eigenvalue weighted by Crippen LogP contribution is -2.50. The molecule has 0 saturated carbocycles. The molecule has 1 aliphatic rings. The van der Waals surface area contributed by atoms with E-state index in [1.807, 2.05) is 0 Å². The van der Waals surface area contributed by atoms with Crippen LogP contribution in [-0.2, 0) is 19.6 Å². The van der Waals surface area contributed by atoms with Crippen LogP contribution in [0.2, 0.25) is 0 Å². The molecular weight excluding hydrogens is 318 g/mol. The highest BCUT2D eigenvalue weighted by Crippen LogP contribution is 2.20. The van der Waals surface area contributed by atoms with Crippen molar-refractivity contribution in [2.45, 2.75) is 31.7 Å². The molecule has 0 aliphatic carbocycles. The number of carbonyl (C=O) groups is 1. The average molecular weight is 344 g/mol. The minimum atomic E-state index is -3.32. The molecule has 1 rings (SSSR count). The molecule has 1 aliphatic heterocycles. The Morgan fingerprint density at radius 2 is 2.14 bits per heavy atom. The first-order valence-corrected chi connectivity index (χ1v) is 8.57. The van der Waals surface area contributed by atoms with Crippen molar-refractivity contribution in [3.05, 3.63) is 0 Å². The summed E-state index contributed by atoms with van der Waals surface area (Å²) in [6.45, 7) is 1.35. The number of nitrogens with one attached hydrogen (secondary N) is 1. The minimum Gasteiger partial charge on any atom is -0.384 e. The van der Waals surface area contributed by atoms with Gasteiger partial charge in [0.1, 0.15) is 0 Å². The van der Waals surface area contributed by atoms with Crippen molar-refractivity contribution in [1.29, 1.82) is 0 Å². The Hall–Kier alpha value is -0.410. The lowest BCUT2D eigenvalue weighted by Gasteiger charge is -2.34. The van der Waals surface area contributed by atoms with Gasteiger partial charge >= 0.3 is 0 Å². The molecule has 0 aromatic carbocycles. The van der Waals surface area contributed by atoms with Crippen molar-refractivity contribution >= 4 is 28.3 Å². The second-order valence-corrected chi connectivity index (χ2v) is 6.95. The summed E-state index contributed by atoms with van der Waals surface area (Å²) in [5.41, 5.74) is 5.31. The van der Waals surface area contributed by atoms with E-state index in [0.29, 0.717) is 19.6 Å². The zero-order chi connectivity index (χ0) is 15.0. The molecule has 21 heavy (non-hydrogen) atoms. The summed E-state index contributed by atoms with van der Waals surface area (Å²) >= 11 is 0. The third-order valence-corrected chi connectivity index (χ3v) is 5.26. The Labute approximate surface area is 133 Å². The highest BCUT2D eigenvalue weighted by atomic mass is 35.5. The first kappa shape index (κ1) is 20.6. The third kappa shape index (κ3) is 6.92. The molecule has 1 atom stereocenters. The monoisotopic (exact) mass is 343 g/mol. The topological polar surface area (TPSA) is 102 Å². The molecular formula is C12H26ClN3O4S. The molecule has 7 nitrogen and oxygen atoms in total. The number of sulfonamides is 1. The Morgan fingerprint density at radius 3 is 2.76 bits per heavy atom. The smallest absolute Gasteiger partial charge is 0.221 e. The molecule has 1 unspecified atom stereocenters. The number of ether oxygens (including phenoxy) is 1. The molecule has 126 valence electrons. The molecule has 1 amide bonds. The van der Waals surface area contributed by atoms with Crippen molar-refractivity contribution in [1.82, 2.24) is 9.62 Å². The number of rotatable bonds is 8. The van der Waals surface area contributed by atoms with Crippen LogP contribution in [0.4, 0.5) is 0 Å². The number of amides is 1. The van der Waals surface area contributed by atoms with Crippen LogP contribution in [0.25, 0.3) is 0 Å². The van der Waals surface area contributed by atoms with E-state index in [4.69, 9.17) is 10.5 Å². The first-order valence-electron chi connectivity index (χ1n) is 6.96. The summed E-state index contributed by atoms with van der Waals surface area (Å²) in [7, 11) is -1.84. The molecule has 0 bridgehead atoms. The van der Waals surface area contributed by atoms with E-state index in [1.54, 1.807) is 0 Å². The molecule has 9 heteroatoms. The van der Waals surface area contributed by atoms with Gasteiger partial charge in [-0.3, -0.25) is 4.79 Å². The standard InChI is InChI=1S/C12H25N3O4S.ClH/c1-19-8-9-20(17,18)15-7-3-2-4-11(15)10-14-12(16)5-6-13;/h11H,2-10,13H2,1H3,(H,14,16);1H. The van der Waals surface area contributed by atoms with Crippen molar-refractivity contribution in [3.63, 3.8) is 0 Å². The van der Waals surface area contributed by atoms with Gasteiger partial charge in [0, 0.05) is 39.2 Å². The van der Waals surface area contributed by atoms with Crippen molar-refractivity contribution in [2.24, 2.45) is 5.73 Å². The largest absolute Gasteiger partial charge is 0.384 e. The molecule has 1 saturated heterocycles. The van der Waals surface area contributed by atoms with Crippen LogP contribution in [0.3, 0.4) is 0 Å². The Balaban J connectivity index is 0.00000400. The summed E-state index contributed by atoms with van der Waals surface area (Å²) < 4.78 is 30.8. The lowest BCUT2D eigenvalue weighted by atomic mass is 10.1. The van der Waals surface area contributed by atoms with Crippen LogP contribution in [0.1, 0.15) is 25.7 Å². The number of halogens is 1. The van der Waals surface area contributed by atoms with Crippen LogP contribution in [0, 0.1) is 0 Å². The highest BCUT2D eigenvalue weighted by molar-refractivity contribution is 7.89. The van der Waals surface area contributed by atoms with E-state index in [0.717, 1.165) is 19.3 Å². The summed E-state index contributed by atoms with van der Waals surface area (Å²) in [5, 5.41) is 2.76. The Morgan fingerprint density at radius 1 is 1.43 bits per heavy atom. The predicted molar refractivity (Wildman–Crippen MR) is 83.9 cm³/mol. The molecule has 0 spiro atoms. The number of methoxy groups -OCH3 is 1. The maximum atomic E-state index is 12.2. The quantitative estimate of drug-likeness (QED) is 0.630. The third-order valence-electron chi connectivity index (χ3n) is 3.38. The van der Waals surface area contributed by atoms with Crippen LogP contribution >= 0.6 is 12.4 Å². The second-order valence-electron chi connectivity index (χ2n) is 4.91. The van der Waals surface area contributed by atoms with Gasteiger partial charge in [-0.2, -0.15) is 4.31 Å². The summed E-state index contributed by atoms with van der Waals surface area (Å²) in [6, 6.07) is -0.160. The summed E-state index contributed by atoms with van der Waals surface area (Å²) in [5.74, 6) is -0.149. The molecule has 0 aromatic rings. The fourth-order valence-electron chi connectivity index (χ4n) is 2.30. The predicted octanol–water partition coefficient (Wildman–Crippen LogP) is -0.296. The van der Waals surface area contributed by atoms with Gasteiger partial charge < -0.3 is 15.8 Å². The Bertz CT molecular complexity index is 405. The van der Waals surface area contributed by atoms with Crippen molar-refractivity contribution in [3.8, 4) is 0 Å². The van der Waals surface area contributed by atoms with Gasteiger partial charge in [-0.1, -0.05) is 6.42 Å². The zero-order valence-corrected chi connectivity index (χ0v) is 14.0. The van der Waals surface area contributed by atoms with Gasteiger partial charge in [-0.25, -0.2) is 8.42 Å². The van der Waals surface area contributed by atoms with Gasteiger partial charge in [0.25, 0.3) is 0 Å². The second kappa shape index (κ2) is 10.3. The van der Waals surface area contributed by atoms with Crippen LogP contribution in [-0.4, -0.2) is 63.8 Å². The van der Waals surface area contributed by atoms with Crippen LogP contribution < -0.4 is 11.1 Å². The van der Waals surface area contributed by atoms with E-state index in [9.17, 15) is 13.2 Å². The SMILES string of the molecule is COCCS(=O)(=O)N1CCCCC1CNC(=O)CCN.Cl. The fourth-order valence-corrected chi connectivity index (χ4v) is 3.95. The number of piperidine rings is 1. The van der Waals surface area contributed by atoms with Crippen LogP contribution in [0.15, 0.2) is 0 Å². The maximum absolute atomic E-state index is 12.2. The van der Waals surface area contributed by atoms with Gasteiger partial charge in [0.15, 0.2) is 0 Å².